The van der Waals surface area contributed by atoms with Gasteiger partial charge in [0.25, 0.3) is 0 Å². The molecule has 0 atom stereocenters. The molecule has 1 fully saturated rings. The Bertz CT molecular complexity index is 817. The zero-order chi connectivity index (χ0) is 15.1. The summed E-state index contributed by atoms with van der Waals surface area (Å²) in [6, 6.07) is 5.22. The second-order valence-electron chi connectivity index (χ2n) is 5.66. The summed E-state index contributed by atoms with van der Waals surface area (Å²) in [7, 11) is 0. The van der Waals surface area contributed by atoms with Crippen molar-refractivity contribution in [2.45, 2.75) is 25.8 Å². The summed E-state index contributed by atoms with van der Waals surface area (Å²) in [6.45, 7) is 1.92. The van der Waals surface area contributed by atoms with E-state index in [4.69, 9.17) is 0 Å². The monoisotopic (exact) mass is 316 g/mol. The Morgan fingerprint density at radius 1 is 1.32 bits per heavy atom. The molecule has 4 rings (SSSR count). The van der Waals surface area contributed by atoms with Crippen LogP contribution < -0.4 is 0 Å². The Kier molecular flexibility index (Phi) is 3.41. The van der Waals surface area contributed by atoms with Crippen molar-refractivity contribution in [3.05, 3.63) is 36.0 Å². The molecule has 0 saturated carbocycles. The van der Waals surface area contributed by atoms with Gasteiger partial charge in [0.1, 0.15) is 11.6 Å². The molecule has 3 heterocycles. The maximum Gasteiger partial charge on any atom is 0.160 e. The summed E-state index contributed by atoms with van der Waals surface area (Å²) in [5.74, 6) is 3.77. The number of thioether (sulfide) groups is 1. The van der Waals surface area contributed by atoms with Crippen LogP contribution in [-0.2, 0) is 0 Å². The standard InChI is InChI=1S/C16H17FN4S/c1-10-19-16(21(20-10)12-4-6-22-7-5-12)14-9-18-15-8-11(17)2-3-13(14)15/h2-3,8-9,12,18H,4-7H2,1H3. The molecular weight excluding hydrogens is 299 g/mol. The Morgan fingerprint density at radius 3 is 2.95 bits per heavy atom. The van der Waals surface area contributed by atoms with Crippen LogP contribution in [0, 0.1) is 12.7 Å². The highest BCUT2D eigenvalue weighted by atomic mass is 32.2. The van der Waals surface area contributed by atoms with Gasteiger partial charge in [-0.1, -0.05) is 0 Å². The van der Waals surface area contributed by atoms with Crippen molar-refractivity contribution < 1.29 is 4.39 Å². The molecule has 6 heteroatoms. The van der Waals surface area contributed by atoms with Crippen LogP contribution in [0.25, 0.3) is 22.3 Å². The second kappa shape index (κ2) is 5.43. The number of halogens is 1. The highest BCUT2D eigenvalue weighted by Crippen LogP contribution is 2.33. The molecule has 1 aromatic carbocycles. The first-order chi connectivity index (χ1) is 10.7. The third kappa shape index (κ3) is 2.31. The topological polar surface area (TPSA) is 46.5 Å². The summed E-state index contributed by atoms with van der Waals surface area (Å²) >= 11 is 2.00. The van der Waals surface area contributed by atoms with Crippen LogP contribution in [0.1, 0.15) is 24.7 Å². The molecular formula is C16H17FN4S. The minimum atomic E-state index is -0.233. The van der Waals surface area contributed by atoms with Gasteiger partial charge < -0.3 is 4.98 Å². The number of H-pyrrole nitrogens is 1. The molecule has 0 aliphatic carbocycles. The second-order valence-corrected chi connectivity index (χ2v) is 6.89. The molecule has 22 heavy (non-hydrogen) atoms. The number of fused-ring (bicyclic) bond motifs is 1. The van der Waals surface area contributed by atoms with E-state index in [2.05, 4.69) is 19.7 Å². The molecule has 0 amide bonds. The minimum Gasteiger partial charge on any atom is -0.360 e. The molecule has 3 aromatic rings. The van der Waals surface area contributed by atoms with Crippen LogP contribution in [-0.4, -0.2) is 31.3 Å². The van der Waals surface area contributed by atoms with E-state index >= 15 is 0 Å². The van der Waals surface area contributed by atoms with Crippen molar-refractivity contribution in [2.24, 2.45) is 0 Å². The molecule has 1 aliphatic rings. The van der Waals surface area contributed by atoms with Gasteiger partial charge in [-0.15, -0.1) is 0 Å². The highest BCUT2D eigenvalue weighted by molar-refractivity contribution is 7.99. The van der Waals surface area contributed by atoms with Crippen LogP contribution in [0.2, 0.25) is 0 Å². The summed E-state index contributed by atoms with van der Waals surface area (Å²) in [6.07, 6.45) is 4.15. The van der Waals surface area contributed by atoms with E-state index in [1.165, 1.54) is 23.6 Å². The van der Waals surface area contributed by atoms with Crippen molar-refractivity contribution in [2.75, 3.05) is 11.5 Å². The van der Waals surface area contributed by atoms with Gasteiger partial charge >= 0.3 is 0 Å². The number of aromatic nitrogens is 4. The predicted molar refractivity (Wildman–Crippen MR) is 87.6 cm³/mol. The number of nitrogens with one attached hydrogen (secondary N) is 1. The third-order valence-corrected chi connectivity index (χ3v) is 5.21. The molecule has 0 spiro atoms. The maximum atomic E-state index is 13.4. The lowest BCUT2D eigenvalue weighted by atomic mass is 10.1. The number of aromatic amines is 1. The molecule has 1 saturated heterocycles. The van der Waals surface area contributed by atoms with Gasteiger partial charge in [0, 0.05) is 22.7 Å². The number of benzene rings is 1. The van der Waals surface area contributed by atoms with Crippen LogP contribution in [0.4, 0.5) is 4.39 Å². The van der Waals surface area contributed by atoms with Gasteiger partial charge in [0.2, 0.25) is 0 Å². The quantitative estimate of drug-likeness (QED) is 0.779. The summed E-state index contributed by atoms with van der Waals surface area (Å²) in [5, 5.41) is 5.61. The SMILES string of the molecule is Cc1nc(-c2c[nH]c3cc(F)ccc23)n(C2CCSCC2)n1. The molecule has 2 aromatic heterocycles. The van der Waals surface area contributed by atoms with Crippen LogP contribution in [0.15, 0.2) is 24.4 Å². The molecule has 1 aliphatic heterocycles. The third-order valence-electron chi connectivity index (χ3n) is 4.16. The Labute approximate surface area is 132 Å². The van der Waals surface area contributed by atoms with Gasteiger partial charge in [0.15, 0.2) is 5.82 Å². The Hall–Kier alpha value is -1.82. The van der Waals surface area contributed by atoms with E-state index in [0.29, 0.717) is 6.04 Å². The lowest BCUT2D eigenvalue weighted by Crippen LogP contribution is -2.17. The molecule has 4 nitrogen and oxygen atoms in total. The highest BCUT2D eigenvalue weighted by Gasteiger charge is 2.22. The van der Waals surface area contributed by atoms with E-state index in [1.54, 1.807) is 0 Å². The Morgan fingerprint density at radius 2 is 2.14 bits per heavy atom. The van der Waals surface area contributed by atoms with E-state index in [1.807, 2.05) is 30.9 Å². The summed E-state index contributed by atoms with van der Waals surface area (Å²) in [5.41, 5.74) is 1.79. The average molecular weight is 316 g/mol. The van der Waals surface area contributed by atoms with Crippen LogP contribution in [0.5, 0.6) is 0 Å². The molecule has 0 unspecified atom stereocenters. The largest absolute Gasteiger partial charge is 0.360 e. The van der Waals surface area contributed by atoms with Crippen LogP contribution >= 0.6 is 11.8 Å². The number of hydrogen-bond donors (Lipinski definition) is 1. The smallest absolute Gasteiger partial charge is 0.160 e. The van der Waals surface area contributed by atoms with Crippen molar-refractivity contribution >= 4 is 22.7 Å². The maximum absolute atomic E-state index is 13.4. The van der Waals surface area contributed by atoms with Gasteiger partial charge in [-0.05, 0) is 49.5 Å². The fraction of sp³-hybridized carbons (Fsp3) is 0.375. The minimum absolute atomic E-state index is 0.233. The average Bonchev–Trinajstić information content (AvgIpc) is 3.11. The van der Waals surface area contributed by atoms with Crippen molar-refractivity contribution in [1.82, 2.24) is 19.7 Å². The van der Waals surface area contributed by atoms with Crippen molar-refractivity contribution in [3.8, 4) is 11.4 Å². The Balaban J connectivity index is 1.84. The van der Waals surface area contributed by atoms with E-state index in [0.717, 1.165) is 41.0 Å². The zero-order valence-electron chi connectivity index (χ0n) is 12.3. The molecule has 114 valence electrons. The first-order valence-electron chi connectivity index (χ1n) is 7.50. The number of hydrogen-bond acceptors (Lipinski definition) is 3. The molecule has 0 radical (unpaired) electrons. The fourth-order valence-corrected chi connectivity index (χ4v) is 4.16. The molecule has 0 bridgehead atoms. The van der Waals surface area contributed by atoms with Gasteiger partial charge in [-0.2, -0.15) is 16.9 Å². The van der Waals surface area contributed by atoms with E-state index in [-0.39, 0.29) is 5.82 Å². The normalized spacial score (nSPS) is 16.5. The van der Waals surface area contributed by atoms with Crippen molar-refractivity contribution in [1.29, 1.82) is 0 Å². The fourth-order valence-electron chi connectivity index (χ4n) is 3.08. The van der Waals surface area contributed by atoms with Gasteiger partial charge in [-0.3, -0.25) is 0 Å². The first-order valence-corrected chi connectivity index (χ1v) is 8.66. The zero-order valence-corrected chi connectivity index (χ0v) is 13.2. The lowest BCUT2D eigenvalue weighted by Gasteiger charge is -2.22. The van der Waals surface area contributed by atoms with Crippen LogP contribution in [0.3, 0.4) is 0 Å². The number of nitrogens with zero attached hydrogens (tertiary/aromatic N) is 3. The van der Waals surface area contributed by atoms with E-state index < -0.39 is 0 Å². The predicted octanol–water partition coefficient (Wildman–Crippen LogP) is 3.94. The van der Waals surface area contributed by atoms with Crippen molar-refractivity contribution in [3.63, 3.8) is 0 Å². The van der Waals surface area contributed by atoms with Gasteiger partial charge in [-0.25, -0.2) is 14.1 Å². The summed E-state index contributed by atoms with van der Waals surface area (Å²) < 4.78 is 15.4. The van der Waals surface area contributed by atoms with Gasteiger partial charge in [0.05, 0.1) is 6.04 Å². The van der Waals surface area contributed by atoms with E-state index in [9.17, 15) is 4.39 Å². The number of rotatable bonds is 2. The molecule has 1 N–H and O–H groups in total. The first kappa shape index (κ1) is 13.8. The number of aryl methyl sites for hydroxylation is 1. The lowest BCUT2D eigenvalue weighted by molar-refractivity contribution is 0.429. The summed E-state index contributed by atoms with van der Waals surface area (Å²) in [4.78, 5) is 7.77.